The van der Waals surface area contributed by atoms with Gasteiger partial charge in [0.2, 0.25) is 0 Å². The summed E-state index contributed by atoms with van der Waals surface area (Å²) in [6.07, 6.45) is 3.30. The number of halogens is 3. The first-order valence-corrected chi connectivity index (χ1v) is 8.13. The van der Waals surface area contributed by atoms with Crippen molar-refractivity contribution in [1.82, 2.24) is 15.5 Å². The average Bonchev–Trinajstić information content (AvgIpc) is 3.03. The lowest BCUT2D eigenvalue weighted by Crippen LogP contribution is -2.39. The van der Waals surface area contributed by atoms with Crippen molar-refractivity contribution in [2.24, 2.45) is 0 Å². The molecule has 2 amide bonds. The van der Waals surface area contributed by atoms with E-state index in [4.69, 9.17) is 11.6 Å². The van der Waals surface area contributed by atoms with Gasteiger partial charge in [-0.25, -0.2) is 4.79 Å². The van der Waals surface area contributed by atoms with Gasteiger partial charge in [-0.3, -0.25) is 0 Å². The Labute approximate surface area is 154 Å². The first kappa shape index (κ1) is 18.7. The van der Waals surface area contributed by atoms with E-state index < -0.39 is 0 Å². The number of piperidine rings is 1. The number of nitrogens with zero attached hydrogens (tertiary/aromatic N) is 1. The van der Waals surface area contributed by atoms with Crippen molar-refractivity contribution in [2.75, 3.05) is 26.2 Å². The Balaban J connectivity index is 0.000000960. The maximum absolute atomic E-state index is 12.1. The van der Waals surface area contributed by atoms with Crippen LogP contribution in [0.1, 0.15) is 36.4 Å². The van der Waals surface area contributed by atoms with Crippen molar-refractivity contribution in [2.45, 2.75) is 30.7 Å². The van der Waals surface area contributed by atoms with Crippen molar-refractivity contribution in [3.05, 3.63) is 34.3 Å². The van der Waals surface area contributed by atoms with Crippen LogP contribution in [-0.4, -0.2) is 37.1 Å². The van der Waals surface area contributed by atoms with Crippen LogP contribution in [0.2, 0.25) is 5.02 Å². The lowest BCUT2D eigenvalue weighted by molar-refractivity contribution is 0.182. The van der Waals surface area contributed by atoms with E-state index in [1.165, 1.54) is 11.1 Å². The second-order valence-electron chi connectivity index (χ2n) is 6.41. The van der Waals surface area contributed by atoms with Gasteiger partial charge < -0.3 is 15.5 Å². The second kappa shape index (κ2) is 7.06. The standard InChI is InChI=1S/C16H20ClN3O.2ClH/c17-11-1-2-12-13(9-11)16(3-5-18-6-4-16)10-14(12)20-8-7-19-15(20)21;;/h1-2,9,14,18H,3-8,10H2,(H,19,21);2*1H. The third kappa shape index (κ3) is 3.02. The van der Waals surface area contributed by atoms with Crippen molar-refractivity contribution < 1.29 is 4.79 Å². The number of carbonyl (C=O) groups is 1. The van der Waals surface area contributed by atoms with E-state index in [2.05, 4.69) is 22.8 Å². The van der Waals surface area contributed by atoms with Gasteiger partial charge in [0.25, 0.3) is 0 Å². The maximum atomic E-state index is 12.1. The van der Waals surface area contributed by atoms with Crippen LogP contribution in [0.4, 0.5) is 4.79 Å². The monoisotopic (exact) mass is 377 g/mol. The number of benzene rings is 1. The second-order valence-corrected chi connectivity index (χ2v) is 6.84. The molecule has 0 saturated carbocycles. The first-order valence-electron chi connectivity index (χ1n) is 7.75. The molecule has 128 valence electrons. The molecule has 0 bridgehead atoms. The summed E-state index contributed by atoms with van der Waals surface area (Å²) >= 11 is 6.25. The van der Waals surface area contributed by atoms with Crippen LogP contribution >= 0.6 is 36.4 Å². The molecule has 2 heterocycles. The molecule has 0 radical (unpaired) electrons. The van der Waals surface area contributed by atoms with Crippen LogP contribution in [0.15, 0.2) is 18.2 Å². The van der Waals surface area contributed by atoms with Gasteiger partial charge in [0.15, 0.2) is 0 Å². The van der Waals surface area contributed by atoms with Crippen LogP contribution in [-0.2, 0) is 5.41 Å². The van der Waals surface area contributed by atoms with E-state index in [0.29, 0.717) is 0 Å². The molecule has 4 nitrogen and oxygen atoms in total. The summed E-state index contributed by atoms with van der Waals surface area (Å²) in [5.41, 5.74) is 2.87. The van der Waals surface area contributed by atoms with E-state index in [1.807, 2.05) is 11.0 Å². The largest absolute Gasteiger partial charge is 0.336 e. The zero-order valence-corrected chi connectivity index (χ0v) is 15.2. The number of fused-ring (bicyclic) bond motifs is 2. The fourth-order valence-electron chi connectivity index (χ4n) is 4.31. The van der Waals surface area contributed by atoms with Crippen molar-refractivity contribution in [3.63, 3.8) is 0 Å². The number of nitrogens with one attached hydrogen (secondary N) is 2. The molecule has 2 saturated heterocycles. The molecule has 3 aliphatic rings. The quantitative estimate of drug-likeness (QED) is 0.787. The minimum absolute atomic E-state index is 0. The summed E-state index contributed by atoms with van der Waals surface area (Å²) < 4.78 is 0. The molecule has 1 spiro atoms. The fourth-order valence-corrected chi connectivity index (χ4v) is 4.48. The molecule has 1 unspecified atom stereocenters. The minimum atomic E-state index is 0. The summed E-state index contributed by atoms with van der Waals surface area (Å²) in [7, 11) is 0. The lowest BCUT2D eigenvalue weighted by atomic mass is 9.74. The molecular weight excluding hydrogens is 357 g/mol. The van der Waals surface area contributed by atoms with Gasteiger partial charge in [-0.1, -0.05) is 17.7 Å². The number of hydrogen-bond acceptors (Lipinski definition) is 2. The normalized spacial score (nSPS) is 24.7. The first-order chi connectivity index (χ1) is 10.2. The Kier molecular flexibility index (Phi) is 5.72. The van der Waals surface area contributed by atoms with Gasteiger partial charge >= 0.3 is 6.03 Å². The Morgan fingerprint density at radius 2 is 1.91 bits per heavy atom. The van der Waals surface area contributed by atoms with Gasteiger partial charge in [-0.05, 0) is 55.6 Å². The topological polar surface area (TPSA) is 44.4 Å². The Morgan fingerprint density at radius 3 is 2.57 bits per heavy atom. The molecule has 4 rings (SSSR count). The summed E-state index contributed by atoms with van der Waals surface area (Å²) in [4.78, 5) is 14.1. The van der Waals surface area contributed by atoms with Crippen molar-refractivity contribution >= 4 is 42.4 Å². The van der Waals surface area contributed by atoms with E-state index >= 15 is 0 Å². The SMILES string of the molecule is Cl.Cl.O=C1NCCN1C1CC2(CCNCC2)c2cc(Cl)ccc21. The van der Waals surface area contributed by atoms with Crippen molar-refractivity contribution in [1.29, 1.82) is 0 Å². The molecule has 23 heavy (non-hydrogen) atoms. The van der Waals surface area contributed by atoms with Gasteiger partial charge in [0.05, 0.1) is 6.04 Å². The van der Waals surface area contributed by atoms with Crippen LogP contribution in [0.3, 0.4) is 0 Å². The molecule has 2 aliphatic heterocycles. The van der Waals surface area contributed by atoms with Gasteiger partial charge in [-0.15, -0.1) is 24.8 Å². The van der Waals surface area contributed by atoms with Crippen LogP contribution < -0.4 is 10.6 Å². The summed E-state index contributed by atoms with van der Waals surface area (Å²) in [6, 6.07) is 6.51. The highest BCUT2D eigenvalue weighted by Gasteiger charge is 2.47. The van der Waals surface area contributed by atoms with Gasteiger partial charge in [0, 0.05) is 23.5 Å². The van der Waals surface area contributed by atoms with Gasteiger partial charge in [0.1, 0.15) is 0 Å². The zero-order valence-electron chi connectivity index (χ0n) is 12.8. The molecule has 0 aromatic heterocycles. The van der Waals surface area contributed by atoms with E-state index in [0.717, 1.165) is 50.5 Å². The smallest absolute Gasteiger partial charge is 0.318 e. The molecule has 1 aliphatic carbocycles. The predicted molar refractivity (Wildman–Crippen MR) is 97.2 cm³/mol. The summed E-state index contributed by atoms with van der Waals surface area (Å²) in [5, 5.41) is 7.18. The summed E-state index contributed by atoms with van der Waals surface area (Å²) in [6.45, 7) is 3.66. The Bertz CT molecular complexity index is 590. The molecule has 1 aromatic rings. The molecule has 2 fully saturated rings. The molecule has 2 N–H and O–H groups in total. The van der Waals surface area contributed by atoms with E-state index in [-0.39, 0.29) is 42.3 Å². The third-order valence-electron chi connectivity index (χ3n) is 5.36. The van der Waals surface area contributed by atoms with Crippen LogP contribution in [0.25, 0.3) is 0 Å². The molecule has 1 atom stereocenters. The maximum Gasteiger partial charge on any atom is 0.318 e. The molecule has 1 aromatic carbocycles. The number of urea groups is 1. The highest BCUT2D eigenvalue weighted by Crippen LogP contribution is 2.52. The number of hydrogen-bond donors (Lipinski definition) is 2. The van der Waals surface area contributed by atoms with Gasteiger partial charge in [-0.2, -0.15) is 0 Å². The predicted octanol–water partition coefficient (Wildman–Crippen LogP) is 3.27. The van der Waals surface area contributed by atoms with E-state index in [9.17, 15) is 4.79 Å². The third-order valence-corrected chi connectivity index (χ3v) is 5.59. The Hall–Kier alpha value is -0.680. The van der Waals surface area contributed by atoms with Crippen LogP contribution in [0.5, 0.6) is 0 Å². The summed E-state index contributed by atoms with van der Waals surface area (Å²) in [5.74, 6) is 0. The fraction of sp³-hybridized carbons (Fsp3) is 0.562. The minimum Gasteiger partial charge on any atom is -0.336 e. The number of amides is 2. The zero-order chi connectivity index (χ0) is 14.4. The number of carbonyl (C=O) groups excluding carboxylic acids is 1. The van der Waals surface area contributed by atoms with Crippen LogP contribution in [0, 0.1) is 0 Å². The van der Waals surface area contributed by atoms with E-state index in [1.54, 1.807) is 0 Å². The van der Waals surface area contributed by atoms with Crippen molar-refractivity contribution in [3.8, 4) is 0 Å². The highest BCUT2D eigenvalue weighted by molar-refractivity contribution is 6.30. The molecule has 7 heteroatoms. The highest BCUT2D eigenvalue weighted by atomic mass is 35.5. The molecular formula is C16H22Cl3N3O. The average molecular weight is 379 g/mol. The number of rotatable bonds is 1. The Morgan fingerprint density at radius 1 is 1.17 bits per heavy atom. The lowest BCUT2D eigenvalue weighted by Gasteiger charge is -2.36.